The number of nitrogens with zero attached hydrogens (tertiary/aromatic N) is 2. The number of ether oxygens (including phenoxy) is 1. The van der Waals surface area contributed by atoms with Crippen molar-refractivity contribution in [3.63, 3.8) is 0 Å². The Morgan fingerprint density at radius 2 is 1.83 bits per heavy atom. The van der Waals surface area contributed by atoms with Gasteiger partial charge in [-0.25, -0.2) is 4.79 Å². The Bertz CT molecular complexity index is 755. The number of fused-ring (bicyclic) bond motifs is 1. The molecule has 1 aromatic heterocycles. The number of benzene rings is 1. The Hall–Kier alpha value is -1.88. The standard InChI is InChI=1S/C19H25N3O2/c1-22-11-17-15(9-10-16(18(17)21-22)19(23)24-2)12-3-5-13(6-4-12)20-14-7-8-14/h9-14,20H,3-8H2,1-2H3. The smallest absolute Gasteiger partial charge is 0.340 e. The van der Waals surface area contributed by atoms with E-state index in [1.165, 1.54) is 51.2 Å². The van der Waals surface area contributed by atoms with Crippen LogP contribution in [0.3, 0.4) is 0 Å². The lowest BCUT2D eigenvalue weighted by atomic mass is 9.80. The van der Waals surface area contributed by atoms with Crippen LogP contribution in [0.25, 0.3) is 10.9 Å². The van der Waals surface area contributed by atoms with Gasteiger partial charge in [0.2, 0.25) is 0 Å². The Morgan fingerprint density at radius 1 is 1.17 bits per heavy atom. The van der Waals surface area contributed by atoms with Gasteiger partial charge in [-0.15, -0.1) is 0 Å². The molecule has 2 fully saturated rings. The fourth-order valence-electron chi connectivity index (χ4n) is 4.03. The molecule has 0 radical (unpaired) electrons. The summed E-state index contributed by atoms with van der Waals surface area (Å²) in [5.41, 5.74) is 2.65. The molecule has 0 amide bonds. The van der Waals surface area contributed by atoms with Crippen LogP contribution in [0.15, 0.2) is 18.3 Å². The first-order valence-electron chi connectivity index (χ1n) is 8.96. The van der Waals surface area contributed by atoms with E-state index < -0.39 is 0 Å². The molecule has 0 spiro atoms. The second-order valence-corrected chi connectivity index (χ2v) is 7.25. The molecule has 24 heavy (non-hydrogen) atoms. The predicted molar refractivity (Wildman–Crippen MR) is 93.2 cm³/mol. The molecule has 2 aliphatic rings. The lowest BCUT2D eigenvalue weighted by Gasteiger charge is -2.30. The van der Waals surface area contributed by atoms with E-state index in [4.69, 9.17) is 4.74 Å². The van der Waals surface area contributed by atoms with E-state index in [1.807, 2.05) is 19.3 Å². The van der Waals surface area contributed by atoms with Gasteiger partial charge in [-0.1, -0.05) is 6.07 Å². The fraction of sp³-hybridized carbons (Fsp3) is 0.579. The molecule has 2 aliphatic carbocycles. The average molecular weight is 327 g/mol. The number of carbonyl (C=O) groups excluding carboxylic acids is 1. The predicted octanol–water partition coefficient (Wildman–Crippen LogP) is 3.14. The highest BCUT2D eigenvalue weighted by Crippen LogP contribution is 2.38. The summed E-state index contributed by atoms with van der Waals surface area (Å²) in [7, 11) is 3.32. The summed E-state index contributed by atoms with van der Waals surface area (Å²) in [4.78, 5) is 12.0. The number of methoxy groups -OCH3 is 1. The molecule has 0 bridgehead atoms. The van der Waals surface area contributed by atoms with Gasteiger partial charge in [0.25, 0.3) is 0 Å². The molecule has 0 unspecified atom stereocenters. The van der Waals surface area contributed by atoms with Gasteiger partial charge in [0.05, 0.1) is 12.7 Å². The Morgan fingerprint density at radius 3 is 2.46 bits per heavy atom. The SMILES string of the molecule is COC(=O)c1ccc(C2CCC(NC3CC3)CC2)c2cn(C)nc12. The van der Waals surface area contributed by atoms with Crippen LogP contribution in [0.4, 0.5) is 0 Å². The van der Waals surface area contributed by atoms with Crippen molar-refractivity contribution < 1.29 is 9.53 Å². The third-order valence-electron chi connectivity index (χ3n) is 5.45. The molecule has 1 N–H and O–H groups in total. The van der Waals surface area contributed by atoms with Crippen molar-refractivity contribution in [1.82, 2.24) is 15.1 Å². The number of nitrogens with one attached hydrogen (secondary N) is 1. The van der Waals surface area contributed by atoms with Crippen LogP contribution in [0.1, 0.15) is 60.4 Å². The third-order valence-corrected chi connectivity index (χ3v) is 5.45. The molecule has 1 heterocycles. The molecule has 5 heteroatoms. The summed E-state index contributed by atoms with van der Waals surface area (Å²) in [6.07, 6.45) is 9.61. The first-order valence-corrected chi connectivity index (χ1v) is 8.96. The van der Waals surface area contributed by atoms with Crippen molar-refractivity contribution in [2.45, 2.75) is 56.5 Å². The van der Waals surface area contributed by atoms with Gasteiger partial charge in [-0.3, -0.25) is 4.68 Å². The van der Waals surface area contributed by atoms with Crippen molar-refractivity contribution in [2.24, 2.45) is 7.05 Å². The van der Waals surface area contributed by atoms with Crippen LogP contribution in [-0.4, -0.2) is 34.9 Å². The van der Waals surface area contributed by atoms with Crippen LogP contribution < -0.4 is 5.32 Å². The van der Waals surface area contributed by atoms with Gasteiger partial charge in [0, 0.05) is 30.7 Å². The molecule has 0 atom stereocenters. The molecule has 0 saturated heterocycles. The van der Waals surface area contributed by atoms with E-state index in [0.29, 0.717) is 17.5 Å². The maximum atomic E-state index is 12.0. The molecule has 4 rings (SSSR count). The molecule has 2 saturated carbocycles. The molecule has 0 aliphatic heterocycles. The first-order chi connectivity index (χ1) is 11.7. The highest BCUT2D eigenvalue weighted by Gasteiger charge is 2.29. The van der Waals surface area contributed by atoms with Gasteiger partial charge in [0.15, 0.2) is 0 Å². The third kappa shape index (κ3) is 2.93. The van der Waals surface area contributed by atoms with Crippen LogP contribution in [-0.2, 0) is 11.8 Å². The van der Waals surface area contributed by atoms with E-state index in [1.54, 1.807) is 4.68 Å². The number of hydrogen-bond acceptors (Lipinski definition) is 4. The first kappa shape index (κ1) is 15.6. The molecule has 1 aromatic carbocycles. The van der Waals surface area contributed by atoms with Crippen LogP contribution in [0.2, 0.25) is 0 Å². The Labute approximate surface area is 142 Å². The maximum absolute atomic E-state index is 12.0. The normalized spacial score (nSPS) is 24.2. The van der Waals surface area contributed by atoms with Crippen molar-refractivity contribution in [3.8, 4) is 0 Å². The zero-order chi connectivity index (χ0) is 16.7. The summed E-state index contributed by atoms with van der Waals surface area (Å²) in [6, 6.07) is 5.46. The Kier molecular flexibility index (Phi) is 4.04. The Balaban J connectivity index is 1.59. The summed E-state index contributed by atoms with van der Waals surface area (Å²) in [6.45, 7) is 0. The molecule has 5 nitrogen and oxygen atoms in total. The zero-order valence-electron chi connectivity index (χ0n) is 14.4. The lowest BCUT2D eigenvalue weighted by Crippen LogP contribution is -2.34. The van der Waals surface area contributed by atoms with E-state index in [0.717, 1.165) is 16.9 Å². The van der Waals surface area contributed by atoms with Crippen LogP contribution in [0, 0.1) is 0 Å². The van der Waals surface area contributed by atoms with Crippen LogP contribution >= 0.6 is 0 Å². The van der Waals surface area contributed by atoms with Gasteiger partial charge in [-0.05, 0) is 56.1 Å². The summed E-state index contributed by atoms with van der Waals surface area (Å²) < 4.78 is 6.69. The summed E-state index contributed by atoms with van der Waals surface area (Å²) in [5, 5.41) is 9.36. The molecular formula is C19H25N3O2. The number of aryl methyl sites for hydroxylation is 1. The fourth-order valence-corrected chi connectivity index (χ4v) is 4.03. The van der Waals surface area contributed by atoms with Gasteiger partial charge in [0.1, 0.15) is 5.52 Å². The number of aromatic nitrogens is 2. The minimum absolute atomic E-state index is 0.317. The van der Waals surface area contributed by atoms with Crippen molar-refractivity contribution >= 4 is 16.9 Å². The minimum Gasteiger partial charge on any atom is -0.465 e. The summed E-state index contributed by atoms with van der Waals surface area (Å²) >= 11 is 0. The lowest BCUT2D eigenvalue weighted by molar-refractivity contribution is 0.0602. The van der Waals surface area contributed by atoms with Crippen molar-refractivity contribution in [2.75, 3.05) is 7.11 Å². The van der Waals surface area contributed by atoms with Gasteiger partial charge >= 0.3 is 5.97 Å². The zero-order valence-corrected chi connectivity index (χ0v) is 14.4. The van der Waals surface area contributed by atoms with Gasteiger partial charge < -0.3 is 10.1 Å². The minimum atomic E-state index is -0.317. The second kappa shape index (κ2) is 6.20. The number of rotatable bonds is 4. The number of carbonyl (C=O) groups is 1. The largest absolute Gasteiger partial charge is 0.465 e. The monoisotopic (exact) mass is 327 g/mol. The quantitative estimate of drug-likeness (QED) is 0.877. The van der Waals surface area contributed by atoms with Gasteiger partial charge in [-0.2, -0.15) is 5.10 Å². The van der Waals surface area contributed by atoms with E-state index in [9.17, 15) is 4.79 Å². The van der Waals surface area contributed by atoms with Crippen molar-refractivity contribution in [3.05, 3.63) is 29.5 Å². The molecular weight excluding hydrogens is 302 g/mol. The highest BCUT2D eigenvalue weighted by atomic mass is 16.5. The molecule has 2 aromatic rings. The average Bonchev–Trinajstić information content (AvgIpc) is 3.32. The van der Waals surface area contributed by atoms with E-state index in [-0.39, 0.29) is 5.97 Å². The van der Waals surface area contributed by atoms with Crippen molar-refractivity contribution in [1.29, 1.82) is 0 Å². The second-order valence-electron chi connectivity index (χ2n) is 7.25. The highest BCUT2D eigenvalue weighted by molar-refractivity contribution is 6.03. The summed E-state index contributed by atoms with van der Waals surface area (Å²) in [5.74, 6) is 0.239. The van der Waals surface area contributed by atoms with E-state index in [2.05, 4.69) is 16.5 Å². The van der Waals surface area contributed by atoms with E-state index >= 15 is 0 Å². The maximum Gasteiger partial charge on any atom is 0.340 e. The number of hydrogen-bond donors (Lipinski definition) is 1. The topological polar surface area (TPSA) is 56.1 Å². The molecule has 128 valence electrons. The van der Waals surface area contributed by atoms with Crippen LogP contribution in [0.5, 0.6) is 0 Å². The number of esters is 1.